The first-order chi connectivity index (χ1) is 10.6. The highest BCUT2D eigenvalue weighted by Crippen LogP contribution is 2.23. The Labute approximate surface area is 131 Å². The van der Waals surface area contributed by atoms with Crippen molar-refractivity contribution in [3.8, 4) is 16.9 Å². The summed E-state index contributed by atoms with van der Waals surface area (Å²) in [7, 11) is 0. The third kappa shape index (κ3) is 4.10. The van der Waals surface area contributed by atoms with Crippen LogP contribution in [-0.4, -0.2) is 18.7 Å². The van der Waals surface area contributed by atoms with E-state index in [1.165, 1.54) is 5.56 Å². The van der Waals surface area contributed by atoms with Crippen LogP contribution in [0.5, 0.6) is 5.75 Å². The zero-order chi connectivity index (χ0) is 15.9. The van der Waals surface area contributed by atoms with Crippen molar-refractivity contribution >= 4 is 5.97 Å². The normalized spacial score (nSPS) is 11.8. The summed E-state index contributed by atoms with van der Waals surface area (Å²) in [6, 6.07) is 16.1. The van der Waals surface area contributed by atoms with Gasteiger partial charge in [-0.3, -0.25) is 0 Å². The summed E-state index contributed by atoms with van der Waals surface area (Å²) in [6.45, 7) is 6.13. The minimum absolute atomic E-state index is 0.312. The summed E-state index contributed by atoms with van der Waals surface area (Å²) < 4.78 is 10.7. The first-order valence-corrected chi connectivity index (χ1v) is 7.64. The van der Waals surface area contributed by atoms with Crippen LogP contribution in [0.3, 0.4) is 0 Å². The Hall–Kier alpha value is -2.29. The molecule has 0 radical (unpaired) electrons. The SMILES string of the molecule is CCOC(=O)[C@H](CC)Oc1ccc(-c2ccc(C)cc2)cc1. The van der Waals surface area contributed by atoms with Crippen LogP contribution >= 0.6 is 0 Å². The number of ether oxygens (including phenoxy) is 2. The molecule has 0 saturated heterocycles. The number of hydrogen-bond acceptors (Lipinski definition) is 3. The smallest absolute Gasteiger partial charge is 0.347 e. The molecule has 0 aliphatic heterocycles. The van der Waals surface area contributed by atoms with E-state index in [0.717, 1.165) is 11.1 Å². The molecule has 0 aromatic heterocycles. The molecular formula is C19H22O3. The summed E-state index contributed by atoms with van der Waals surface area (Å²) in [5, 5.41) is 0. The lowest BCUT2D eigenvalue weighted by Gasteiger charge is -2.16. The van der Waals surface area contributed by atoms with E-state index in [1.54, 1.807) is 6.92 Å². The Morgan fingerprint density at radius 2 is 1.50 bits per heavy atom. The van der Waals surface area contributed by atoms with E-state index in [-0.39, 0.29) is 5.97 Å². The Morgan fingerprint density at radius 1 is 0.955 bits per heavy atom. The summed E-state index contributed by atoms with van der Waals surface area (Å²) in [6.07, 6.45) is 0.0311. The summed E-state index contributed by atoms with van der Waals surface area (Å²) >= 11 is 0. The fraction of sp³-hybridized carbons (Fsp3) is 0.316. The Kier molecular flexibility index (Phi) is 5.59. The number of carbonyl (C=O) groups excluding carboxylic acids is 1. The Balaban J connectivity index is 2.08. The second-order valence-electron chi connectivity index (χ2n) is 5.16. The quantitative estimate of drug-likeness (QED) is 0.742. The van der Waals surface area contributed by atoms with Crippen LogP contribution in [0.2, 0.25) is 0 Å². The number of hydrogen-bond donors (Lipinski definition) is 0. The van der Waals surface area contributed by atoms with Crippen LogP contribution in [0.4, 0.5) is 0 Å². The molecule has 1 atom stereocenters. The Morgan fingerprint density at radius 3 is 2.00 bits per heavy atom. The molecule has 2 rings (SSSR count). The molecule has 0 aliphatic carbocycles. The third-order valence-electron chi connectivity index (χ3n) is 3.44. The van der Waals surface area contributed by atoms with E-state index >= 15 is 0 Å². The molecule has 0 heterocycles. The number of benzene rings is 2. The first kappa shape index (κ1) is 16.1. The van der Waals surface area contributed by atoms with Gasteiger partial charge in [-0.25, -0.2) is 4.79 Å². The number of rotatable bonds is 6. The van der Waals surface area contributed by atoms with Gasteiger partial charge in [0.1, 0.15) is 5.75 Å². The summed E-state index contributed by atoms with van der Waals surface area (Å²) in [4.78, 5) is 11.8. The Bertz CT molecular complexity index is 600. The van der Waals surface area contributed by atoms with Crippen molar-refractivity contribution in [2.75, 3.05) is 6.61 Å². The van der Waals surface area contributed by atoms with Crippen LogP contribution in [0.1, 0.15) is 25.8 Å². The number of carbonyl (C=O) groups is 1. The molecule has 116 valence electrons. The van der Waals surface area contributed by atoms with Gasteiger partial charge in [0.05, 0.1) is 6.61 Å². The monoisotopic (exact) mass is 298 g/mol. The fourth-order valence-electron chi connectivity index (χ4n) is 2.17. The molecule has 0 fully saturated rings. The second-order valence-corrected chi connectivity index (χ2v) is 5.16. The van der Waals surface area contributed by atoms with Crippen molar-refractivity contribution in [1.29, 1.82) is 0 Å². The van der Waals surface area contributed by atoms with E-state index in [0.29, 0.717) is 18.8 Å². The molecule has 0 unspecified atom stereocenters. The van der Waals surface area contributed by atoms with E-state index in [4.69, 9.17) is 9.47 Å². The lowest BCUT2D eigenvalue weighted by Crippen LogP contribution is -2.28. The van der Waals surface area contributed by atoms with Crippen LogP contribution < -0.4 is 4.74 Å². The van der Waals surface area contributed by atoms with Gasteiger partial charge in [0.25, 0.3) is 0 Å². The highest BCUT2D eigenvalue weighted by Gasteiger charge is 2.19. The molecule has 3 heteroatoms. The van der Waals surface area contributed by atoms with Crippen LogP contribution in [0.15, 0.2) is 48.5 Å². The van der Waals surface area contributed by atoms with Gasteiger partial charge < -0.3 is 9.47 Å². The highest BCUT2D eigenvalue weighted by atomic mass is 16.6. The largest absolute Gasteiger partial charge is 0.479 e. The first-order valence-electron chi connectivity index (χ1n) is 7.64. The molecule has 2 aromatic carbocycles. The molecule has 0 N–H and O–H groups in total. The molecule has 22 heavy (non-hydrogen) atoms. The third-order valence-corrected chi connectivity index (χ3v) is 3.44. The van der Waals surface area contributed by atoms with Crippen LogP contribution in [-0.2, 0) is 9.53 Å². The van der Waals surface area contributed by atoms with Gasteiger partial charge in [-0.2, -0.15) is 0 Å². The molecule has 0 bridgehead atoms. The highest BCUT2D eigenvalue weighted by molar-refractivity contribution is 5.75. The van der Waals surface area contributed by atoms with Gasteiger partial charge in [-0.05, 0) is 43.5 Å². The minimum atomic E-state index is -0.551. The van der Waals surface area contributed by atoms with Crippen molar-refractivity contribution in [3.05, 3.63) is 54.1 Å². The maximum absolute atomic E-state index is 11.8. The standard InChI is InChI=1S/C19H22O3/c1-4-18(19(20)21-5-2)22-17-12-10-16(11-13-17)15-8-6-14(3)7-9-15/h6-13,18H,4-5H2,1-3H3/t18-/m0/s1. The average molecular weight is 298 g/mol. The van der Waals surface area contributed by atoms with Gasteiger partial charge in [-0.1, -0.05) is 48.9 Å². The zero-order valence-corrected chi connectivity index (χ0v) is 13.3. The molecular weight excluding hydrogens is 276 g/mol. The van der Waals surface area contributed by atoms with E-state index in [9.17, 15) is 4.79 Å². The number of esters is 1. The predicted octanol–water partition coefficient (Wildman–Crippen LogP) is 4.38. The maximum atomic E-state index is 11.8. The van der Waals surface area contributed by atoms with Crippen molar-refractivity contribution in [1.82, 2.24) is 0 Å². The van der Waals surface area contributed by atoms with E-state index < -0.39 is 6.10 Å². The van der Waals surface area contributed by atoms with Gasteiger partial charge >= 0.3 is 5.97 Å². The van der Waals surface area contributed by atoms with E-state index in [1.807, 2.05) is 31.2 Å². The van der Waals surface area contributed by atoms with Gasteiger partial charge in [0, 0.05) is 0 Å². The molecule has 0 spiro atoms. The van der Waals surface area contributed by atoms with Gasteiger partial charge in [-0.15, -0.1) is 0 Å². The zero-order valence-electron chi connectivity index (χ0n) is 13.3. The van der Waals surface area contributed by atoms with Crippen LogP contribution in [0, 0.1) is 6.92 Å². The lowest BCUT2D eigenvalue weighted by molar-refractivity contribution is -0.151. The van der Waals surface area contributed by atoms with Crippen LogP contribution in [0.25, 0.3) is 11.1 Å². The molecule has 2 aromatic rings. The molecule has 0 saturated carbocycles. The van der Waals surface area contributed by atoms with Crippen molar-refractivity contribution in [2.45, 2.75) is 33.3 Å². The average Bonchev–Trinajstić information content (AvgIpc) is 2.54. The molecule has 0 aliphatic rings. The molecule has 3 nitrogen and oxygen atoms in total. The maximum Gasteiger partial charge on any atom is 0.347 e. The van der Waals surface area contributed by atoms with Crippen molar-refractivity contribution in [3.63, 3.8) is 0 Å². The molecule has 0 amide bonds. The van der Waals surface area contributed by atoms with E-state index in [2.05, 4.69) is 31.2 Å². The predicted molar refractivity (Wildman–Crippen MR) is 88.0 cm³/mol. The lowest BCUT2D eigenvalue weighted by atomic mass is 10.0. The summed E-state index contributed by atoms with van der Waals surface area (Å²) in [5.41, 5.74) is 3.52. The minimum Gasteiger partial charge on any atom is -0.479 e. The number of aryl methyl sites for hydroxylation is 1. The summed E-state index contributed by atoms with van der Waals surface area (Å²) in [5.74, 6) is 0.364. The second kappa shape index (κ2) is 7.64. The topological polar surface area (TPSA) is 35.5 Å². The van der Waals surface area contributed by atoms with Gasteiger partial charge in [0.2, 0.25) is 0 Å². The van der Waals surface area contributed by atoms with Crippen molar-refractivity contribution in [2.24, 2.45) is 0 Å². The van der Waals surface area contributed by atoms with Crippen molar-refractivity contribution < 1.29 is 14.3 Å². The fourth-order valence-corrected chi connectivity index (χ4v) is 2.17. The van der Waals surface area contributed by atoms with Gasteiger partial charge in [0.15, 0.2) is 6.10 Å².